The van der Waals surface area contributed by atoms with Gasteiger partial charge in [0.15, 0.2) is 0 Å². The zero-order valence-electron chi connectivity index (χ0n) is 16.8. The van der Waals surface area contributed by atoms with E-state index in [0.717, 1.165) is 22.3 Å². The van der Waals surface area contributed by atoms with Crippen LogP contribution >= 0.6 is 0 Å². The summed E-state index contributed by atoms with van der Waals surface area (Å²) >= 11 is 0. The van der Waals surface area contributed by atoms with Crippen LogP contribution in [-0.2, 0) is 13.0 Å². The van der Waals surface area contributed by atoms with Crippen molar-refractivity contribution in [1.82, 2.24) is 9.97 Å². The fourth-order valence-corrected chi connectivity index (χ4v) is 3.34. The van der Waals surface area contributed by atoms with Crippen molar-refractivity contribution in [2.24, 2.45) is 0 Å². The summed E-state index contributed by atoms with van der Waals surface area (Å²) in [7, 11) is 0. The molecule has 29 heavy (non-hydrogen) atoms. The Kier molecular flexibility index (Phi) is 6.22. The molecule has 0 aliphatic heterocycles. The van der Waals surface area contributed by atoms with E-state index in [-0.39, 0.29) is 0 Å². The second-order valence-corrected chi connectivity index (χ2v) is 6.87. The van der Waals surface area contributed by atoms with Crippen LogP contribution in [0.25, 0.3) is 0 Å². The molecule has 5 nitrogen and oxygen atoms in total. The number of benzene rings is 2. The number of aromatic nitrogens is 2. The standard InChI is InChI=1S/C24H22N4O/c1-4-21-23(22(14-26)20-11-16(2)10-19(12-20)13-25)27-17(3)28-24(21)29-15-18-8-6-5-7-9-18/h5-12,22H,4,15H2,1-3H3. The minimum absolute atomic E-state index is 0.393. The maximum absolute atomic E-state index is 9.96. The highest BCUT2D eigenvalue weighted by Gasteiger charge is 2.23. The molecule has 0 radical (unpaired) electrons. The van der Waals surface area contributed by atoms with Crippen molar-refractivity contribution >= 4 is 0 Å². The van der Waals surface area contributed by atoms with E-state index in [9.17, 15) is 10.5 Å². The lowest BCUT2D eigenvalue weighted by molar-refractivity contribution is 0.288. The van der Waals surface area contributed by atoms with Gasteiger partial charge in [0.1, 0.15) is 18.3 Å². The third-order valence-electron chi connectivity index (χ3n) is 4.65. The Morgan fingerprint density at radius 1 is 1.03 bits per heavy atom. The van der Waals surface area contributed by atoms with Gasteiger partial charge in [-0.25, -0.2) is 4.98 Å². The van der Waals surface area contributed by atoms with Crippen molar-refractivity contribution in [3.63, 3.8) is 0 Å². The summed E-state index contributed by atoms with van der Waals surface area (Å²) in [5, 5.41) is 19.3. The zero-order chi connectivity index (χ0) is 20.8. The normalized spacial score (nSPS) is 11.3. The molecule has 0 N–H and O–H groups in total. The molecule has 0 saturated carbocycles. The van der Waals surface area contributed by atoms with E-state index in [1.807, 2.05) is 50.2 Å². The van der Waals surface area contributed by atoms with Crippen molar-refractivity contribution in [3.05, 3.63) is 87.9 Å². The first kappa shape index (κ1) is 20.0. The average Bonchev–Trinajstić information content (AvgIpc) is 2.73. The highest BCUT2D eigenvalue weighted by molar-refractivity contribution is 5.47. The van der Waals surface area contributed by atoms with Gasteiger partial charge in [-0.15, -0.1) is 0 Å². The number of hydrogen-bond acceptors (Lipinski definition) is 5. The summed E-state index contributed by atoms with van der Waals surface area (Å²) in [6.45, 7) is 6.10. The number of aryl methyl sites for hydroxylation is 2. The van der Waals surface area contributed by atoms with Gasteiger partial charge < -0.3 is 4.74 Å². The molecule has 0 amide bonds. The number of hydrogen-bond donors (Lipinski definition) is 0. The van der Waals surface area contributed by atoms with Gasteiger partial charge in [-0.05, 0) is 49.1 Å². The van der Waals surface area contributed by atoms with Crippen LogP contribution in [0.15, 0.2) is 48.5 Å². The first-order chi connectivity index (χ1) is 14.0. The predicted molar refractivity (Wildman–Crippen MR) is 110 cm³/mol. The van der Waals surface area contributed by atoms with Crippen LogP contribution in [0.5, 0.6) is 5.88 Å². The van der Waals surface area contributed by atoms with Crippen LogP contribution in [0.4, 0.5) is 0 Å². The van der Waals surface area contributed by atoms with Crippen LogP contribution in [-0.4, -0.2) is 9.97 Å². The molecule has 1 unspecified atom stereocenters. The minimum Gasteiger partial charge on any atom is -0.473 e. The van der Waals surface area contributed by atoms with E-state index in [1.165, 1.54) is 0 Å². The number of rotatable bonds is 6. The fourth-order valence-electron chi connectivity index (χ4n) is 3.34. The topological polar surface area (TPSA) is 82.6 Å². The molecule has 3 aromatic rings. The lowest BCUT2D eigenvalue weighted by Gasteiger charge is -2.18. The Morgan fingerprint density at radius 2 is 1.79 bits per heavy atom. The third-order valence-corrected chi connectivity index (χ3v) is 4.65. The molecule has 2 aromatic carbocycles. The van der Waals surface area contributed by atoms with Gasteiger partial charge in [0, 0.05) is 5.56 Å². The van der Waals surface area contributed by atoms with Gasteiger partial charge in [-0.1, -0.05) is 43.3 Å². The SMILES string of the molecule is CCc1c(OCc2ccccc2)nc(C)nc1C(C#N)c1cc(C)cc(C#N)c1. The Bertz CT molecular complexity index is 1090. The largest absolute Gasteiger partial charge is 0.473 e. The van der Waals surface area contributed by atoms with Crippen LogP contribution < -0.4 is 4.74 Å². The molecule has 1 aromatic heterocycles. The molecule has 1 atom stereocenters. The highest BCUT2D eigenvalue weighted by Crippen LogP contribution is 2.31. The van der Waals surface area contributed by atoms with Crippen molar-refractivity contribution in [1.29, 1.82) is 10.5 Å². The maximum atomic E-state index is 9.96. The number of nitriles is 2. The van der Waals surface area contributed by atoms with Crippen molar-refractivity contribution in [2.75, 3.05) is 0 Å². The Balaban J connectivity index is 2.04. The zero-order valence-corrected chi connectivity index (χ0v) is 16.8. The van der Waals surface area contributed by atoms with Gasteiger partial charge in [0.2, 0.25) is 5.88 Å². The van der Waals surface area contributed by atoms with Crippen LogP contribution in [0, 0.1) is 36.5 Å². The maximum Gasteiger partial charge on any atom is 0.220 e. The lowest BCUT2D eigenvalue weighted by atomic mass is 9.91. The van der Waals surface area contributed by atoms with Gasteiger partial charge in [0.05, 0.1) is 23.4 Å². The summed E-state index contributed by atoms with van der Waals surface area (Å²) in [5.41, 5.74) is 4.72. The number of ether oxygens (including phenoxy) is 1. The molecule has 0 fully saturated rings. The molecule has 0 saturated heterocycles. The molecular formula is C24H22N4O. The molecule has 0 spiro atoms. The quantitative estimate of drug-likeness (QED) is 0.614. The Labute approximate surface area is 171 Å². The highest BCUT2D eigenvalue weighted by atomic mass is 16.5. The van der Waals surface area contributed by atoms with Gasteiger partial charge in [0.25, 0.3) is 0 Å². The Hall–Kier alpha value is -3.70. The van der Waals surface area contributed by atoms with Gasteiger partial charge in [-0.2, -0.15) is 15.5 Å². The molecule has 0 aliphatic rings. The van der Waals surface area contributed by atoms with E-state index < -0.39 is 5.92 Å². The van der Waals surface area contributed by atoms with Gasteiger partial charge >= 0.3 is 0 Å². The van der Waals surface area contributed by atoms with Crippen LogP contribution in [0.2, 0.25) is 0 Å². The monoisotopic (exact) mass is 382 g/mol. The van der Waals surface area contributed by atoms with Gasteiger partial charge in [-0.3, -0.25) is 0 Å². The summed E-state index contributed by atoms with van der Waals surface area (Å²) in [5.74, 6) is 0.457. The second-order valence-electron chi connectivity index (χ2n) is 6.87. The summed E-state index contributed by atoms with van der Waals surface area (Å²) in [6, 6.07) is 19.9. The molecule has 3 rings (SSSR count). The second kappa shape index (κ2) is 8.99. The van der Waals surface area contributed by atoms with E-state index in [4.69, 9.17) is 4.74 Å². The molecule has 0 bridgehead atoms. The number of nitrogens with zero attached hydrogens (tertiary/aromatic N) is 4. The average molecular weight is 382 g/mol. The predicted octanol–water partition coefficient (Wildman–Crippen LogP) is 4.76. The Morgan fingerprint density at radius 3 is 2.45 bits per heavy atom. The molecule has 0 aliphatic carbocycles. The minimum atomic E-state index is -0.599. The smallest absolute Gasteiger partial charge is 0.220 e. The van der Waals surface area contributed by atoms with E-state index in [2.05, 4.69) is 22.1 Å². The van der Waals surface area contributed by atoms with Crippen molar-refractivity contribution < 1.29 is 4.74 Å². The van der Waals surface area contributed by atoms with E-state index in [1.54, 1.807) is 19.1 Å². The third kappa shape index (κ3) is 4.59. The van der Waals surface area contributed by atoms with E-state index in [0.29, 0.717) is 36.0 Å². The summed E-state index contributed by atoms with van der Waals surface area (Å²) in [6.07, 6.45) is 0.634. The van der Waals surface area contributed by atoms with E-state index >= 15 is 0 Å². The van der Waals surface area contributed by atoms with Crippen LogP contribution in [0.3, 0.4) is 0 Å². The fraction of sp³-hybridized carbons (Fsp3) is 0.250. The summed E-state index contributed by atoms with van der Waals surface area (Å²) in [4.78, 5) is 9.08. The first-order valence-corrected chi connectivity index (χ1v) is 9.51. The summed E-state index contributed by atoms with van der Waals surface area (Å²) < 4.78 is 6.02. The lowest BCUT2D eigenvalue weighted by Crippen LogP contribution is -2.12. The molecule has 5 heteroatoms. The van der Waals surface area contributed by atoms with Crippen molar-refractivity contribution in [3.8, 4) is 18.0 Å². The molecule has 1 heterocycles. The van der Waals surface area contributed by atoms with Crippen LogP contribution in [0.1, 0.15) is 52.2 Å². The van der Waals surface area contributed by atoms with Crippen molar-refractivity contribution in [2.45, 2.75) is 39.7 Å². The molecular weight excluding hydrogens is 360 g/mol. The first-order valence-electron chi connectivity index (χ1n) is 9.51. The molecule has 144 valence electrons.